The quantitative estimate of drug-likeness (QED) is 0.549. The number of para-hydroxylation sites is 2. The number of ether oxygens (including phenoxy) is 2. The fraction of sp³-hybridized carbons (Fsp3) is 0.375. The molecular formula is C24H28N2O4. The van der Waals surface area contributed by atoms with E-state index in [-0.39, 0.29) is 5.97 Å². The monoisotopic (exact) mass is 408 g/mol. The summed E-state index contributed by atoms with van der Waals surface area (Å²) in [4.78, 5) is 17.2. The smallest absolute Gasteiger partial charge is 0.342 e. The van der Waals surface area contributed by atoms with Gasteiger partial charge in [-0.3, -0.25) is 4.90 Å². The van der Waals surface area contributed by atoms with Gasteiger partial charge in [0.15, 0.2) is 0 Å². The number of carbonyl (C=O) groups excluding carboxylic acids is 1. The van der Waals surface area contributed by atoms with Gasteiger partial charge in [0, 0.05) is 30.7 Å². The van der Waals surface area contributed by atoms with E-state index < -0.39 is 0 Å². The van der Waals surface area contributed by atoms with Crippen molar-refractivity contribution in [1.29, 1.82) is 0 Å². The van der Waals surface area contributed by atoms with E-state index in [1.807, 2.05) is 38.2 Å². The minimum absolute atomic E-state index is 0.334. The van der Waals surface area contributed by atoms with E-state index in [0.717, 1.165) is 38.2 Å². The Hall–Kier alpha value is -2.83. The molecule has 0 spiro atoms. The molecule has 3 aromatic rings. The number of benzene rings is 2. The molecule has 1 aliphatic heterocycles. The lowest BCUT2D eigenvalue weighted by Gasteiger charge is -2.31. The van der Waals surface area contributed by atoms with Crippen molar-refractivity contribution in [3.05, 3.63) is 65.4 Å². The molecule has 2 aromatic carbocycles. The maximum atomic E-state index is 12.6. The van der Waals surface area contributed by atoms with Crippen LogP contribution < -0.4 is 4.90 Å². The lowest BCUT2D eigenvalue weighted by molar-refractivity contribution is 0.0524. The van der Waals surface area contributed by atoms with Crippen molar-refractivity contribution >= 4 is 22.6 Å². The van der Waals surface area contributed by atoms with Crippen LogP contribution in [0.25, 0.3) is 11.0 Å². The normalized spacial score (nSPS) is 14.4. The molecule has 30 heavy (non-hydrogen) atoms. The van der Waals surface area contributed by atoms with Gasteiger partial charge in [0.25, 0.3) is 0 Å². The van der Waals surface area contributed by atoms with Gasteiger partial charge in [0.1, 0.15) is 16.9 Å². The molecule has 0 N–H and O–H groups in total. The summed E-state index contributed by atoms with van der Waals surface area (Å²) in [5, 5.41) is 0.799. The SMILES string of the molecule is CCOC(=O)c1c(CN(C)Cc2ccccc2N2CCOCC2)oc2ccccc12. The Bertz CT molecular complexity index is 1010. The second-order valence-corrected chi connectivity index (χ2v) is 7.52. The average molecular weight is 408 g/mol. The highest BCUT2D eigenvalue weighted by atomic mass is 16.5. The Morgan fingerprint density at radius 3 is 2.60 bits per heavy atom. The number of esters is 1. The minimum atomic E-state index is -0.334. The number of nitrogens with zero attached hydrogens (tertiary/aromatic N) is 2. The van der Waals surface area contributed by atoms with E-state index >= 15 is 0 Å². The molecule has 0 aliphatic carbocycles. The van der Waals surface area contributed by atoms with E-state index in [0.29, 0.717) is 30.1 Å². The molecule has 1 fully saturated rings. The van der Waals surface area contributed by atoms with Crippen molar-refractivity contribution in [3.8, 4) is 0 Å². The first-order valence-electron chi connectivity index (χ1n) is 10.4. The van der Waals surface area contributed by atoms with Gasteiger partial charge < -0.3 is 18.8 Å². The minimum Gasteiger partial charge on any atom is -0.462 e. The van der Waals surface area contributed by atoms with Crippen LogP contribution in [0.4, 0.5) is 5.69 Å². The van der Waals surface area contributed by atoms with Crippen LogP contribution in [0.5, 0.6) is 0 Å². The molecule has 0 radical (unpaired) electrons. The lowest BCUT2D eigenvalue weighted by atomic mass is 10.1. The van der Waals surface area contributed by atoms with Crippen molar-refractivity contribution in [2.24, 2.45) is 0 Å². The van der Waals surface area contributed by atoms with Gasteiger partial charge in [-0.25, -0.2) is 4.79 Å². The summed E-state index contributed by atoms with van der Waals surface area (Å²) in [6, 6.07) is 16.1. The Labute approximate surface area is 177 Å². The summed E-state index contributed by atoms with van der Waals surface area (Å²) >= 11 is 0. The van der Waals surface area contributed by atoms with Crippen molar-refractivity contribution in [3.63, 3.8) is 0 Å². The first-order valence-corrected chi connectivity index (χ1v) is 10.4. The summed E-state index contributed by atoms with van der Waals surface area (Å²) in [5.74, 6) is 0.306. The molecule has 1 saturated heterocycles. The third-order valence-corrected chi connectivity index (χ3v) is 5.35. The van der Waals surface area contributed by atoms with Crippen LogP contribution in [0.2, 0.25) is 0 Å². The van der Waals surface area contributed by atoms with E-state index in [9.17, 15) is 4.79 Å². The number of rotatable bonds is 7. The van der Waals surface area contributed by atoms with Gasteiger partial charge in [-0.05, 0) is 31.7 Å². The Morgan fingerprint density at radius 2 is 1.80 bits per heavy atom. The summed E-state index contributed by atoms with van der Waals surface area (Å²) in [6.07, 6.45) is 0. The maximum absolute atomic E-state index is 12.6. The van der Waals surface area contributed by atoms with E-state index in [4.69, 9.17) is 13.9 Å². The number of hydrogen-bond acceptors (Lipinski definition) is 6. The topological polar surface area (TPSA) is 55.2 Å². The van der Waals surface area contributed by atoms with Gasteiger partial charge >= 0.3 is 5.97 Å². The fourth-order valence-corrected chi connectivity index (χ4v) is 3.98. The second-order valence-electron chi connectivity index (χ2n) is 7.52. The highest BCUT2D eigenvalue weighted by molar-refractivity contribution is 6.04. The Kier molecular flexibility index (Phi) is 6.35. The second kappa shape index (κ2) is 9.32. The zero-order valence-electron chi connectivity index (χ0n) is 17.6. The molecule has 4 rings (SSSR count). The van der Waals surface area contributed by atoms with Gasteiger partial charge in [-0.2, -0.15) is 0 Å². The molecule has 0 amide bonds. The highest BCUT2D eigenvalue weighted by Crippen LogP contribution is 2.29. The molecule has 158 valence electrons. The van der Waals surface area contributed by atoms with E-state index in [2.05, 4.69) is 34.1 Å². The number of morpholine rings is 1. The van der Waals surface area contributed by atoms with Crippen molar-refractivity contribution in [2.45, 2.75) is 20.0 Å². The molecule has 1 aliphatic rings. The third-order valence-electron chi connectivity index (χ3n) is 5.35. The fourth-order valence-electron chi connectivity index (χ4n) is 3.98. The summed E-state index contributed by atoms with van der Waals surface area (Å²) in [5.41, 5.74) is 3.72. The summed E-state index contributed by atoms with van der Waals surface area (Å²) in [6.45, 7) is 6.72. The number of carbonyl (C=O) groups is 1. The third kappa shape index (κ3) is 4.35. The standard InChI is InChI=1S/C24H28N2O4/c1-3-29-24(27)23-19-9-5-7-11-21(19)30-22(23)17-25(2)16-18-8-4-6-10-20(18)26-12-14-28-15-13-26/h4-11H,3,12-17H2,1-2H3. The Morgan fingerprint density at radius 1 is 1.07 bits per heavy atom. The largest absolute Gasteiger partial charge is 0.462 e. The highest BCUT2D eigenvalue weighted by Gasteiger charge is 2.23. The number of hydrogen-bond donors (Lipinski definition) is 0. The van der Waals surface area contributed by atoms with Crippen LogP contribution in [0.1, 0.15) is 28.6 Å². The predicted molar refractivity (Wildman–Crippen MR) is 117 cm³/mol. The summed E-state index contributed by atoms with van der Waals surface area (Å²) in [7, 11) is 2.04. The molecule has 1 aromatic heterocycles. The Balaban J connectivity index is 1.56. The number of furan rings is 1. The van der Waals surface area contributed by atoms with E-state index in [1.165, 1.54) is 11.3 Å². The first kappa shape index (κ1) is 20.4. The zero-order chi connectivity index (χ0) is 20.9. The van der Waals surface area contributed by atoms with Gasteiger partial charge in [-0.1, -0.05) is 36.4 Å². The van der Waals surface area contributed by atoms with Crippen LogP contribution in [0.15, 0.2) is 52.9 Å². The van der Waals surface area contributed by atoms with Crippen LogP contribution in [-0.2, 0) is 22.6 Å². The zero-order valence-corrected chi connectivity index (χ0v) is 17.6. The van der Waals surface area contributed by atoms with Gasteiger partial charge in [0.05, 0.1) is 26.4 Å². The first-order chi connectivity index (χ1) is 14.7. The average Bonchev–Trinajstić information content (AvgIpc) is 3.12. The van der Waals surface area contributed by atoms with Crippen LogP contribution in [0, 0.1) is 0 Å². The molecule has 0 atom stereocenters. The molecule has 0 unspecified atom stereocenters. The van der Waals surface area contributed by atoms with Crippen LogP contribution >= 0.6 is 0 Å². The maximum Gasteiger partial charge on any atom is 0.342 e. The van der Waals surface area contributed by atoms with Gasteiger partial charge in [0.2, 0.25) is 0 Å². The molecule has 2 heterocycles. The van der Waals surface area contributed by atoms with Crippen LogP contribution in [0.3, 0.4) is 0 Å². The van der Waals surface area contributed by atoms with Crippen molar-refractivity contribution in [2.75, 3.05) is 44.9 Å². The van der Waals surface area contributed by atoms with Gasteiger partial charge in [-0.15, -0.1) is 0 Å². The number of fused-ring (bicyclic) bond motifs is 1. The molecule has 6 heteroatoms. The molecular weight excluding hydrogens is 380 g/mol. The molecule has 0 saturated carbocycles. The molecule has 0 bridgehead atoms. The molecule has 6 nitrogen and oxygen atoms in total. The van der Waals surface area contributed by atoms with Crippen molar-refractivity contribution < 1.29 is 18.7 Å². The number of anilines is 1. The van der Waals surface area contributed by atoms with E-state index in [1.54, 1.807) is 0 Å². The predicted octanol–water partition coefficient (Wildman–Crippen LogP) is 4.08. The lowest BCUT2D eigenvalue weighted by Crippen LogP contribution is -2.37. The van der Waals surface area contributed by atoms with Crippen LogP contribution in [-0.4, -0.2) is 50.8 Å². The summed E-state index contributed by atoms with van der Waals surface area (Å²) < 4.78 is 16.8. The van der Waals surface area contributed by atoms with Crippen molar-refractivity contribution in [1.82, 2.24) is 4.90 Å².